The van der Waals surface area contributed by atoms with E-state index in [9.17, 15) is 10.1 Å². The molecule has 0 aliphatic heterocycles. The van der Waals surface area contributed by atoms with E-state index in [-0.39, 0.29) is 5.56 Å². The fourth-order valence-corrected chi connectivity index (χ4v) is 2.53. The van der Waals surface area contributed by atoms with Crippen molar-refractivity contribution in [3.8, 4) is 17.6 Å². The van der Waals surface area contributed by atoms with E-state index < -0.39 is 5.97 Å². The molecule has 0 saturated carbocycles. The van der Waals surface area contributed by atoms with Gasteiger partial charge in [0, 0.05) is 6.07 Å². The highest BCUT2D eigenvalue weighted by molar-refractivity contribution is 6.32. The molecule has 0 aliphatic rings. The van der Waals surface area contributed by atoms with Crippen LogP contribution in [0.3, 0.4) is 0 Å². The number of nitrogens with zero attached hydrogens (tertiary/aromatic N) is 1. The molecule has 0 aliphatic carbocycles. The molecule has 0 atom stereocenters. The lowest BCUT2D eigenvalue weighted by Crippen LogP contribution is -1.99. The lowest BCUT2D eigenvalue weighted by Gasteiger charge is -2.13. The summed E-state index contributed by atoms with van der Waals surface area (Å²) in [6.07, 6.45) is 1.64. The van der Waals surface area contributed by atoms with Gasteiger partial charge in [0.15, 0.2) is 11.5 Å². The molecule has 6 heteroatoms. The minimum atomic E-state index is -1.02. The quantitative estimate of drug-likeness (QED) is 0.553. The molecule has 5 nitrogen and oxygen atoms in total. The van der Waals surface area contributed by atoms with Crippen molar-refractivity contribution in [3.05, 3.63) is 58.1 Å². The number of carboxylic acid groups (broad SMARTS) is 1. The maximum atomic E-state index is 10.9. The number of rotatable bonds is 7. The fourth-order valence-electron chi connectivity index (χ4n) is 2.33. The second-order valence-electron chi connectivity index (χ2n) is 5.24. The van der Waals surface area contributed by atoms with Crippen molar-refractivity contribution >= 4 is 29.2 Å². The maximum absolute atomic E-state index is 10.9. The van der Waals surface area contributed by atoms with Crippen molar-refractivity contribution in [2.24, 2.45) is 0 Å². The molecule has 2 rings (SSSR count). The standard InChI is InChI=1S/C20H18ClNO4/c1-3-25-18-10-15(17(21)11-19(18)26-4-2)9-16(12-22)13-5-7-14(8-6-13)20(23)24/h5-11H,3-4H2,1-2H3,(H,23,24)/b16-9-. The Labute approximate surface area is 157 Å². The molecular formula is C20H18ClNO4. The number of hydrogen-bond donors (Lipinski definition) is 1. The van der Waals surface area contributed by atoms with Crippen molar-refractivity contribution in [2.75, 3.05) is 13.2 Å². The van der Waals surface area contributed by atoms with Crippen molar-refractivity contribution in [1.29, 1.82) is 5.26 Å². The minimum Gasteiger partial charge on any atom is -0.490 e. The second-order valence-corrected chi connectivity index (χ2v) is 5.65. The van der Waals surface area contributed by atoms with Crippen LogP contribution in [-0.2, 0) is 0 Å². The normalized spacial score (nSPS) is 10.9. The molecule has 0 bridgehead atoms. The van der Waals surface area contributed by atoms with Gasteiger partial charge in [0.05, 0.1) is 35.4 Å². The van der Waals surface area contributed by atoms with Crippen molar-refractivity contribution in [2.45, 2.75) is 13.8 Å². The molecule has 0 saturated heterocycles. The molecule has 0 radical (unpaired) electrons. The van der Waals surface area contributed by atoms with Crippen molar-refractivity contribution in [1.82, 2.24) is 0 Å². The van der Waals surface area contributed by atoms with Crippen LogP contribution in [0.15, 0.2) is 36.4 Å². The van der Waals surface area contributed by atoms with Gasteiger partial charge in [-0.05, 0) is 49.2 Å². The first-order valence-electron chi connectivity index (χ1n) is 8.04. The van der Waals surface area contributed by atoms with Crippen molar-refractivity contribution in [3.63, 3.8) is 0 Å². The second kappa shape index (κ2) is 8.93. The third kappa shape index (κ3) is 4.56. The van der Waals surface area contributed by atoms with Gasteiger partial charge in [-0.3, -0.25) is 0 Å². The number of allylic oxidation sites excluding steroid dienone is 1. The number of aromatic carboxylic acids is 1. The first kappa shape index (κ1) is 19.4. The van der Waals surface area contributed by atoms with Crippen LogP contribution in [0, 0.1) is 11.3 Å². The summed E-state index contributed by atoms with van der Waals surface area (Å²) in [4.78, 5) is 10.9. The number of nitriles is 1. The van der Waals surface area contributed by atoms with Crippen LogP contribution >= 0.6 is 11.6 Å². The molecule has 0 heterocycles. The largest absolute Gasteiger partial charge is 0.490 e. The minimum absolute atomic E-state index is 0.156. The summed E-state index contributed by atoms with van der Waals surface area (Å²) in [5, 5.41) is 18.9. The smallest absolute Gasteiger partial charge is 0.335 e. The Morgan fingerprint density at radius 2 is 1.65 bits per heavy atom. The molecular weight excluding hydrogens is 354 g/mol. The molecule has 0 aromatic heterocycles. The summed E-state index contributed by atoms with van der Waals surface area (Å²) < 4.78 is 11.1. The number of benzene rings is 2. The zero-order valence-electron chi connectivity index (χ0n) is 14.5. The summed E-state index contributed by atoms with van der Waals surface area (Å²) >= 11 is 6.33. The number of carboxylic acids is 1. The Bertz CT molecular complexity index is 867. The van der Waals surface area contributed by atoms with Crippen LogP contribution in [-0.4, -0.2) is 24.3 Å². The summed E-state index contributed by atoms with van der Waals surface area (Å²) in [5.74, 6) is 0.0688. The Morgan fingerprint density at radius 1 is 1.12 bits per heavy atom. The van der Waals surface area contributed by atoms with E-state index in [1.54, 1.807) is 30.3 Å². The van der Waals surface area contributed by atoms with Crippen LogP contribution in [0.25, 0.3) is 11.6 Å². The van der Waals surface area contributed by atoms with E-state index in [4.69, 9.17) is 26.2 Å². The fraction of sp³-hybridized carbons (Fsp3) is 0.200. The van der Waals surface area contributed by atoms with E-state index >= 15 is 0 Å². The van der Waals surface area contributed by atoms with Crippen LogP contribution in [0.4, 0.5) is 0 Å². The molecule has 26 heavy (non-hydrogen) atoms. The number of ether oxygens (including phenoxy) is 2. The van der Waals surface area contributed by atoms with Gasteiger partial charge in [-0.2, -0.15) is 5.26 Å². The first-order chi connectivity index (χ1) is 12.5. The topological polar surface area (TPSA) is 79.5 Å². The van der Waals surface area contributed by atoms with Gasteiger partial charge in [0.2, 0.25) is 0 Å². The van der Waals surface area contributed by atoms with Crippen LogP contribution in [0.2, 0.25) is 5.02 Å². The SMILES string of the molecule is CCOc1cc(Cl)c(/C=C(/C#N)c2ccc(C(=O)O)cc2)cc1OCC. The van der Waals surface area contributed by atoms with E-state index in [2.05, 4.69) is 6.07 Å². The summed E-state index contributed by atoms with van der Waals surface area (Å²) in [7, 11) is 0. The highest BCUT2D eigenvalue weighted by atomic mass is 35.5. The van der Waals surface area contributed by atoms with Gasteiger partial charge in [-0.25, -0.2) is 4.79 Å². The maximum Gasteiger partial charge on any atom is 0.335 e. The predicted octanol–water partition coefficient (Wildman–Crippen LogP) is 4.90. The van der Waals surface area contributed by atoms with Crippen LogP contribution < -0.4 is 9.47 Å². The average molecular weight is 372 g/mol. The lowest BCUT2D eigenvalue weighted by molar-refractivity contribution is 0.0697. The molecule has 0 spiro atoms. The van der Waals surface area contributed by atoms with Gasteiger partial charge >= 0.3 is 5.97 Å². The van der Waals surface area contributed by atoms with E-state index in [0.29, 0.717) is 46.4 Å². The van der Waals surface area contributed by atoms with Gasteiger partial charge in [-0.15, -0.1) is 0 Å². The molecule has 1 N–H and O–H groups in total. The third-order valence-electron chi connectivity index (χ3n) is 3.53. The van der Waals surface area contributed by atoms with Crippen molar-refractivity contribution < 1.29 is 19.4 Å². The van der Waals surface area contributed by atoms with Crippen LogP contribution in [0.1, 0.15) is 35.3 Å². The number of carbonyl (C=O) groups is 1. The summed E-state index contributed by atoms with van der Waals surface area (Å²) in [6, 6.07) is 11.6. The predicted molar refractivity (Wildman–Crippen MR) is 101 cm³/mol. The number of halogens is 1. The first-order valence-corrected chi connectivity index (χ1v) is 8.42. The monoisotopic (exact) mass is 371 g/mol. The van der Waals surface area contributed by atoms with Gasteiger partial charge in [0.25, 0.3) is 0 Å². The summed E-state index contributed by atoms with van der Waals surface area (Å²) in [5.41, 5.74) is 1.72. The summed E-state index contributed by atoms with van der Waals surface area (Å²) in [6.45, 7) is 4.67. The molecule has 2 aromatic carbocycles. The molecule has 134 valence electrons. The molecule has 2 aromatic rings. The highest BCUT2D eigenvalue weighted by Crippen LogP contribution is 2.35. The van der Waals surface area contributed by atoms with Gasteiger partial charge < -0.3 is 14.6 Å². The van der Waals surface area contributed by atoms with Gasteiger partial charge in [0.1, 0.15) is 0 Å². The molecule has 0 amide bonds. The van der Waals surface area contributed by atoms with E-state index in [1.165, 1.54) is 12.1 Å². The van der Waals surface area contributed by atoms with Crippen LogP contribution in [0.5, 0.6) is 11.5 Å². The molecule has 0 unspecified atom stereocenters. The lowest BCUT2D eigenvalue weighted by atomic mass is 10.0. The zero-order valence-corrected chi connectivity index (χ0v) is 15.2. The zero-order chi connectivity index (χ0) is 19.1. The Morgan fingerprint density at radius 3 is 2.15 bits per heavy atom. The van der Waals surface area contributed by atoms with E-state index in [0.717, 1.165) is 0 Å². The Balaban J connectivity index is 2.46. The third-order valence-corrected chi connectivity index (χ3v) is 3.85. The Hall–Kier alpha value is -2.97. The average Bonchev–Trinajstić information content (AvgIpc) is 2.63. The number of hydrogen-bond acceptors (Lipinski definition) is 4. The molecule has 0 fully saturated rings. The van der Waals surface area contributed by atoms with E-state index in [1.807, 2.05) is 13.8 Å². The van der Waals surface area contributed by atoms with Gasteiger partial charge in [-0.1, -0.05) is 23.7 Å². The Kier molecular flexibility index (Phi) is 6.65. The highest BCUT2D eigenvalue weighted by Gasteiger charge is 2.12.